The van der Waals surface area contributed by atoms with Gasteiger partial charge in [0, 0.05) is 41.8 Å². The minimum Gasteiger partial charge on any atom is -0.480 e. The van der Waals surface area contributed by atoms with E-state index >= 15 is 0 Å². The van der Waals surface area contributed by atoms with Crippen molar-refractivity contribution < 1.29 is 29.4 Å². The molecule has 4 unspecified atom stereocenters. The molecule has 13 heteroatoms. The van der Waals surface area contributed by atoms with Crippen LogP contribution in [0.25, 0.3) is 10.9 Å². The first kappa shape index (κ1) is 26.4. The number of aliphatic hydroxyl groups is 1. The van der Waals surface area contributed by atoms with Gasteiger partial charge in [0.1, 0.15) is 18.1 Å². The smallest absolute Gasteiger partial charge is 0.326 e. The van der Waals surface area contributed by atoms with Gasteiger partial charge in [0.15, 0.2) is 0 Å². The topological polar surface area (TPSA) is 215 Å². The van der Waals surface area contributed by atoms with Gasteiger partial charge in [-0.2, -0.15) is 0 Å². The Kier molecular flexibility index (Phi) is 8.76. The van der Waals surface area contributed by atoms with Crippen LogP contribution in [0.4, 0.5) is 0 Å². The van der Waals surface area contributed by atoms with Gasteiger partial charge in [0.05, 0.1) is 19.0 Å². The number of nitrogens with one attached hydrogen (secondary N) is 5. The van der Waals surface area contributed by atoms with Gasteiger partial charge in [-0.15, -0.1) is 0 Å². The molecule has 0 saturated carbocycles. The maximum Gasteiger partial charge on any atom is 0.326 e. The zero-order valence-corrected chi connectivity index (χ0v) is 19.5. The number of carboxylic acids is 1. The Morgan fingerprint density at radius 3 is 2.28 bits per heavy atom. The average molecular weight is 500 g/mol. The molecule has 3 rings (SSSR count). The van der Waals surface area contributed by atoms with E-state index in [2.05, 4.69) is 30.9 Å². The number of nitrogens with two attached hydrogens (primary N) is 1. The maximum atomic E-state index is 13.2. The minimum absolute atomic E-state index is 0.0113. The molecule has 4 atom stereocenters. The van der Waals surface area contributed by atoms with Gasteiger partial charge in [-0.25, -0.2) is 9.78 Å². The van der Waals surface area contributed by atoms with Crippen molar-refractivity contribution in [3.05, 3.63) is 54.2 Å². The van der Waals surface area contributed by atoms with Gasteiger partial charge in [-0.05, 0) is 18.6 Å². The second-order valence-electron chi connectivity index (χ2n) is 8.34. The molecule has 0 aliphatic heterocycles. The number of aromatic nitrogens is 3. The number of carboxylic acid groups (broad SMARTS) is 1. The van der Waals surface area contributed by atoms with Crippen LogP contribution < -0.4 is 21.7 Å². The molecule has 3 aromatic rings. The van der Waals surface area contributed by atoms with E-state index in [9.17, 15) is 29.4 Å². The third-order valence-electron chi connectivity index (χ3n) is 5.55. The van der Waals surface area contributed by atoms with Crippen molar-refractivity contribution in [2.24, 2.45) is 5.73 Å². The predicted octanol–water partition coefficient (Wildman–Crippen LogP) is -1.45. The summed E-state index contributed by atoms with van der Waals surface area (Å²) in [5.74, 6) is -3.51. The lowest BCUT2D eigenvalue weighted by Crippen LogP contribution is -2.58. The molecule has 3 amide bonds. The fourth-order valence-corrected chi connectivity index (χ4v) is 3.59. The zero-order valence-electron chi connectivity index (χ0n) is 19.5. The number of rotatable bonds is 12. The molecule has 0 spiro atoms. The van der Waals surface area contributed by atoms with E-state index in [-0.39, 0.29) is 12.8 Å². The normalized spacial score (nSPS) is 14.4. The Morgan fingerprint density at radius 1 is 0.972 bits per heavy atom. The monoisotopic (exact) mass is 499 g/mol. The molecule has 0 fully saturated rings. The first-order chi connectivity index (χ1) is 17.2. The van der Waals surface area contributed by atoms with Crippen molar-refractivity contribution in [3.63, 3.8) is 0 Å². The second kappa shape index (κ2) is 12.0. The number of amides is 3. The number of fused-ring (bicyclic) bond motifs is 1. The van der Waals surface area contributed by atoms with Crippen molar-refractivity contribution in [1.29, 1.82) is 0 Å². The molecule has 9 N–H and O–H groups in total. The van der Waals surface area contributed by atoms with Crippen molar-refractivity contribution in [3.8, 4) is 0 Å². The molecule has 0 bridgehead atoms. The maximum absolute atomic E-state index is 13.2. The van der Waals surface area contributed by atoms with Crippen molar-refractivity contribution in [2.45, 2.75) is 43.9 Å². The van der Waals surface area contributed by atoms with E-state index in [1.165, 1.54) is 19.4 Å². The molecule has 36 heavy (non-hydrogen) atoms. The summed E-state index contributed by atoms with van der Waals surface area (Å²) in [5.41, 5.74) is 7.53. The number of aliphatic carboxylic acids is 1. The lowest BCUT2D eigenvalue weighted by molar-refractivity contribution is -0.142. The molecule has 0 aliphatic carbocycles. The van der Waals surface area contributed by atoms with Crippen LogP contribution in [-0.2, 0) is 32.0 Å². The molecule has 0 aliphatic rings. The quantitative estimate of drug-likeness (QED) is 0.147. The first-order valence-corrected chi connectivity index (χ1v) is 11.2. The number of aliphatic hydroxyl groups excluding tert-OH is 1. The van der Waals surface area contributed by atoms with Crippen LogP contribution in [0.1, 0.15) is 18.2 Å². The standard InChI is InChI=1S/C23H29N7O6/c1-12(24)20(32)30-19(10-31)22(34)28-17(6-13-8-26-16-5-3-2-4-15(13)16)21(33)29-18(23(35)36)7-14-9-25-11-27-14/h2-5,8-9,11-12,17-19,26,31H,6-7,10,24H2,1H3,(H,25,27)(H,28,34)(H,29,33)(H,30,32)(H,35,36). The van der Waals surface area contributed by atoms with Gasteiger partial charge in [-0.1, -0.05) is 18.2 Å². The summed E-state index contributed by atoms with van der Waals surface area (Å²) < 4.78 is 0. The van der Waals surface area contributed by atoms with E-state index in [4.69, 9.17) is 5.73 Å². The van der Waals surface area contributed by atoms with Crippen molar-refractivity contribution in [2.75, 3.05) is 6.61 Å². The number of benzene rings is 1. The Labute approximate surface area is 205 Å². The Bertz CT molecular complexity index is 1210. The van der Waals surface area contributed by atoms with Gasteiger partial charge >= 0.3 is 5.97 Å². The highest BCUT2D eigenvalue weighted by molar-refractivity contribution is 5.94. The largest absolute Gasteiger partial charge is 0.480 e. The fraction of sp³-hybridized carbons (Fsp3) is 0.348. The Morgan fingerprint density at radius 2 is 1.64 bits per heavy atom. The molecule has 2 heterocycles. The average Bonchev–Trinajstić information content (AvgIpc) is 3.51. The third-order valence-corrected chi connectivity index (χ3v) is 5.55. The number of para-hydroxylation sites is 1. The van der Waals surface area contributed by atoms with Gasteiger partial charge in [0.25, 0.3) is 0 Å². The predicted molar refractivity (Wildman–Crippen MR) is 128 cm³/mol. The summed E-state index contributed by atoms with van der Waals surface area (Å²) in [7, 11) is 0. The van der Waals surface area contributed by atoms with Crippen LogP contribution in [-0.4, -0.2) is 79.6 Å². The molecular weight excluding hydrogens is 470 g/mol. The lowest BCUT2D eigenvalue weighted by Gasteiger charge is -2.24. The molecule has 192 valence electrons. The number of nitrogens with zero attached hydrogens (tertiary/aromatic N) is 1. The summed E-state index contributed by atoms with van der Waals surface area (Å²) in [6, 6.07) is 2.56. The highest BCUT2D eigenvalue weighted by atomic mass is 16.4. The highest BCUT2D eigenvalue weighted by Gasteiger charge is 2.30. The van der Waals surface area contributed by atoms with E-state index in [0.29, 0.717) is 11.3 Å². The van der Waals surface area contributed by atoms with Crippen LogP contribution in [0.15, 0.2) is 43.0 Å². The molecule has 0 radical (unpaired) electrons. The number of hydrogen-bond acceptors (Lipinski definition) is 7. The summed E-state index contributed by atoms with van der Waals surface area (Å²) in [6.45, 7) is 0.684. The summed E-state index contributed by atoms with van der Waals surface area (Å²) in [6.07, 6.45) is 4.48. The van der Waals surface area contributed by atoms with Crippen LogP contribution in [0.3, 0.4) is 0 Å². The van der Waals surface area contributed by atoms with Gasteiger partial charge in [-0.3, -0.25) is 14.4 Å². The summed E-state index contributed by atoms with van der Waals surface area (Å²) >= 11 is 0. The number of H-pyrrole nitrogens is 2. The first-order valence-electron chi connectivity index (χ1n) is 11.2. The molecule has 0 saturated heterocycles. The number of carbonyl (C=O) groups is 4. The van der Waals surface area contributed by atoms with Gasteiger partial charge in [0.2, 0.25) is 17.7 Å². The Hall–Kier alpha value is -4.23. The lowest BCUT2D eigenvalue weighted by atomic mass is 10.0. The van der Waals surface area contributed by atoms with E-state index in [0.717, 1.165) is 10.9 Å². The van der Waals surface area contributed by atoms with Crippen LogP contribution in [0.5, 0.6) is 0 Å². The molecule has 2 aromatic heterocycles. The minimum atomic E-state index is -1.36. The molecule has 1 aromatic carbocycles. The highest BCUT2D eigenvalue weighted by Crippen LogP contribution is 2.19. The third kappa shape index (κ3) is 6.67. The number of imidazole rings is 1. The second-order valence-corrected chi connectivity index (χ2v) is 8.34. The van der Waals surface area contributed by atoms with E-state index in [1.54, 1.807) is 6.20 Å². The van der Waals surface area contributed by atoms with Crippen LogP contribution in [0, 0.1) is 0 Å². The molecule has 13 nitrogen and oxygen atoms in total. The SMILES string of the molecule is CC(N)C(=O)NC(CO)C(=O)NC(Cc1c[nH]c2ccccc12)C(=O)NC(Cc1cnc[nH]1)C(=O)O. The van der Waals surface area contributed by atoms with Crippen molar-refractivity contribution in [1.82, 2.24) is 30.9 Å². The zero-order chi connectivity index (χ0) is 26.2. The summed E-state index contributed by atoms with van der Waals surface area (Å²) in [4.78, 5) is 59.5. The number of hydrogen-bond donors (Lipinski definition) is 8. The van der Waals surface area contributed by atoms with Crippen LogP contribution >= 0.6 is 0 Å². The number of aromatic amines is 2. The molecular formula is C23H29N7O6. The van der Waals surface area contributed by atoms with E-state index < -0.39 is 54.5 Å². The number of carbonyl (C=O) groups excluding carboxylic acids is 3. The van der Waals surface area contributed by atoms with Crippen molar-refractivity contribution >= 4 is 34.6 Å². The Balaban J connectivity index is 1.83. The van der Waals surface area contributed by atoms with E-state index in [1.807, 2.05) is 24.3 Å². The summed E-state index contributed by atoms with van der Waals surface area (Å²) in [5, 5.41) is 27.4. The van der Waals surface area contributed by atoms with Gasteiger partial charge < -0.3 is 41.9 Å². The fourth-order valence-electron chi connectivity index (χ4n) is 3.59. The van der Waals surface area contributed by atoms with Crippen LogP contribution in [0.2, 0.25) is 0 Å².